The van der Waals surface area contributed by atoms with Crippen molar-refractivity contribution in [1.29, 1.82) is 0 Å². The van der Waals surface area contributed by atoms with Crippen molar-refractivity contribution in [2.75, 3.05) is 0 Å². The maximum atomic E-state index is 6.89. The molecule has 9 rings (SSSR count). The van der Waals surface area contributed by atoms with Crippen molar-refractivity contribution in [1.82, 2.24) is 0 Å². The third kappa shape index (κ3) is 6.61. The summed E-state index contributed by atoms with van der Waals surface area (Å²) < 4.78 is 6.89. The molecule has 55 heavy (non-hydrogen) atoms. The smallest absolute Gasteiger partial charge is 0.143 e. The van der Waals surface area contributed by atoms with E-state index in [0.717, 1.165) is 79.6 Å². The first-order valence-electron chi connectivity index (χ1n) is 18.9. The third-order valence-corrected chi connectivity index (χ3v) is 10.6. The third-order valence-electron chi connectivity index (χ3n) is 10.6. The van der Waals surface area contributed by atoms with Crippen molar-refractivity contribution >= 4 is 60.5 Å². The van der Waals surface area contributed by atoms with E-state index < -0.39 is 0 Å². The fourth-order valence-corrected chi connectivity index (χ4v) is 7.75. The van der Waals surface area contributed by atoms with Crippen LogP contribution in [-0.2, 0) is 0 Å². The van der Waals surface area contributed by atoms with Crippen LogP contribution in [0.25, 0.3) is 77.0 Å². The highest BCUT2D eigenvalue weighted by Gasteiger charge is 2.19. The molecular weight excluding hydrogens is 667 g/mol. The van der Waals surface area contributed by atoms with Gasteiger partial charge in [0, 0.05) is 33.2 Å². The summed E-state index contributed by atoms with van der Waals surface area (Å²) in [5.41, 5.74) is 15.8. The second kappa shape index (κ2) is 14.8. The predicted molar refractivity (Wildman–Crippen MR) is 234 cm³/mol. The minimum absolute atomic E-state index is 0.735. The fourth-order valence-electron chi connectivity index (χ4n) is 7.75. The number of para-hydroxylation sites is 1. The van der Waals surface area contributed by atoms with Crippen molar-refractivity contribution < 1.29 is 4.42 Å². The molecule has 0 atom stereocenters. The lowest BCUT2D eigenvalue weighted by molar-refractivity contribution is 0.669. The predicted octanol–water partition coefficient (Wildman–Crippen LogP) is 14.7. The van der Waals surface area contributed by atoms with Crippen LogP contribution < -0.4 is 0 Å². The Morgan fingerprint density at radius 1 is 0.564 bits per heavy atom. The molecule has 0 saturated carbocycles. The van der Waals surface area contributed by atoms with Crippen molar-refractivity contribution in [3.05, 3.63) is 211 Å². The Kier molecular flexibility index (Phi) is 9.10. The zero-order valence-corrected chi connectivity index (χ0v) is 30.8. The van der Waals surface area contributed by atoms with Gasteiger partial charge in [0.05, 0.1) is 5.70 Å². The van der Waals surface area contributed by atoms with Crippen molar-refractivity contribution in [3.63, 3.8) is 0 Å². The molecule has 0 amide bonds. The molecule has 2 nitrogen and oxygen atoms in total. The lowest BCUT2D eigenvalue weighted by Gasteiger charge is -2.09. The summed E-state index contributed by atoms with van der Waals surface area (Å²) in [5, 5.41) is 7.07. The molecule has 8 aromatic carbocycles. The lowest BCUT2D eigenvalue weighted by atomic mass is 9.94. The summed E-state index contributed by atoms with van der Waals surface area (Å²) in [6.45, 7) is 6.23. The Balaban J connectivity index is 1.03. The molecule has 0 aliphatic rings. The number of nitrogens with zero attached hydrogens (tertiary/aromatic N) is 1. The fraction of sp³-hybridized carbons (Fsp3) is 0.0566. The van der Waals surface area contributed by atoms with Crippen LogP contribution in [0.5, 0.6) is 0 Å². The minimum Gasteiger partial charge on any atom is -0.455 e. The van der Waals surface area contributed by atoms with Crippen LogP contribution in [0.2, 0.25) is 0 Å². The number of furan rings is 1. The molecule has 0 aliphatic heterocycles. The van der Waals surface area contributed by atoms with Gasteiger partial charge in [0.25, 0.3) is 0 Å². The van der Waals surface area contributed by atoms with E-state index in [9.17, 15) is 0 Å². The van der Waals surface area contributed by atoms with E-state index in [1.807, 2.05) is 6.07 Å². The topological polar surface area (TPSA) is 25.5 Å². The van der Waals surface area contributed by atoms with Crippen LogP contribution in [0.3, 0.4) is 0 Å². The summed E-state index contributed by atoms with van der Waals surface area (Å²) in [5.74, 6) is 0. The van der Waals surface area contributed by atoms with E-state index in [-0.39, 0.29) is 0 Å². The average Bonchev–Trinajstić information content (AvgIpc) is 3.62. The number of aliphatic imine (C=N–C) groups is 1. The SMILES string of the molecule is C=C=C(CC/C=C(\N=C(/C)c1ccc(-c2ccc3ccccc3c2)cc1)c1ccccc1)c1cccc2c1oc1c(-c3ccccc3)c3ccccc3cc12. The summed E-state index contributed by atoms with van der Waals surface area (Å²) in [6.07, 6.45) is 3.73. The Hall–Kier alpha value is -6.99. The lowest BCUT2D eigenvalue weighted by Crippen LogP contribution is -1.96. The summed E-state index contributed by atoms with van der Waals surface area (Å²) in [7, 11) is 0. The monoisotopic (exact) mass is 705 g/mol. The van der Waals surface area contributed by atoms with Gasteiger partial charge in [-0.3, -0.25) is 4.99 Å². The van der Waals surface area contributed by atoms with E-state index >= 15 is 0 Å². The molecule has 0 saturated heterocycles. The normalized spacial score (nSPS) is 12.1. The maximum Gasteiger partial charge on any atom is 0.143 e. The van der Waals surface area contributed by atoms with E-state index in [1.54, 1.807) is 0 Å². The number of allylic oxidation sites excluding steroid dienone is 2. The molecule has 0 bridgehead atoms. The highest BCUT2D eigenvalue weighted by molar-refractivity contribution is 6.19. The molecule has 262 valence electrons. The van der Waals surface area contributed by atoms with E-state index in [0.29, 0.717) is 0 Å². The zero-order valence-electron chi connectivity index (χ0n) is 30.8. The first-order valence-corrected chi connectivity index (χ1v) is 18.9. The number of rotatable bonds is 9. The summed E-state index contributed by atoms with van der Waals surface area (Å²) >= 11 is 0. The van der Waals surface area contributed by atoms with Crippen molar-refractivity contribution in [3.8, 4) is 22.3 Å². The van der Waals surface area contributed by atoms with Gasteiger partial charge in [-0.2, -0.15) is 0 Å². The molecule has 2 heteroatoms. The second-order valence-corrected chi connectivity index (χ2v) is 14.0. The molecular formula is C53H39NO. The van der Waals surface area contributed by atoms with Gasteiger partial charge >= 0.3 is 0 Å². The first-order chi connectivity index (χ1) is 27.1. The highest BCUT2D eigenvalue weighted by Crippen LogP contribution is 2.43. The van der Waals surface area contributed by atoms with Crippen LogP contribution in [0.15, 0.2) is 204 Å². The average molecular weight is 706 g/mol. The van der Waals surface area contributed by atoms with E-state index in [1.165, 1.54) is 32.7 Å². The summed E-state index contributed by atoms with van der Waals surface area (Å²) in [6, 6.07) is 62.0. The molecule has 1 heterocycles. The van der Waals surface area contributed by atoms with Gasteiger partial charge in [-0.1, -0.05) is 176 Å². The number of hydrogen-bond donors (Lipinski definition) is 0. The van der Waals surface area contributed by atoms with Crippen LogP contribution in [0.1, 0.15) is 36.5 Å². The highest BCUT2D eigenvalue weighted by atomic mass is 16.3. The maximum absolute atomic E-state index is 6.89. The molecule has 0 spiro atoms. The van der Waals surface area contributed by atoms with Gasteiger partial charge in [-0.05, 0) is 81.3 Å². The Labute approximate surface area is 321 Å². The Morgan fingerprint density at radius 2 is 1.24 bits per heavy atom. The minimum atomic E-state index is 0.735. The molecule has 1 aromatic heterocycles. The van der Waals surface area contributed by atoms with Crippen LogP contribution in [0, 0.1) is 0 Å². The largest absolute Gasteiger partial charge is 0.455 e. The standard InChI is InChI=1S/C53H39NO/c1-3-37(47-25-15-26-48-49-35-45-22-12-13-24-46(45)51(53(49)55-52(47)48)42-19-8-5-9-20-42)23-14-27-50(41-17-6-4-7-18-41)54-36(2)38-28-30-40(31-29-38)44-33-32-39-16-10-11-21-43(39)34-44/h4-13,15-22,24-35H,1,14,23H2,2H3/b50-27-,54-36+. The molecule has 0 fully saturated rings. The van der Waals surface area contributed by atoms with Crippen molar-refractivity contribution in [2.45, 2.75) is 19.8 Å². The van der Waals surface area contributed by atoms with Crippen LogP contribution in [0.4, 0.5) is 0 Å². The quantitative estimate of drug-likeness (QED) is 0.108. The number of hydrogen-bond acceptors (Lipinski definition) is 2. The van der Waals surface area contributed by atoms with Gasteiger partial charge < -0.3 is 4.42 Å². The zero-order chi connectivity index (χ0) is 37.1. The van der Waals surface area contributed by atoms with E-state index in [4.69, 9.17) is 9.41 Å². The molecule has 9 aromatic rings. The second-order valence-electron chi connectivity index (χ2n) is 14.0. The van der Waals surface area contributed by atoms with Crippen LogP contribution in [-0.4, -0.2) is 5.71 Å². The van der Waals surface area contributed by atoms with Gasteiger partial charge in [0.2, 0.25) is 0 Å². The number of benzene rings is 8. The molecule has 0 radical (unpaired) electrons. The van der Waals surface area contributed by atoms with Gasteiger partial charge in [-0.15, -0.1) is 5.73 Å². The summed E-state index contributed by atoms with van der Waals surface area (Å²) in [4.78, 5) is 5.21. The molecule has 0 N–H and O–H groups in total. The van der Waals surface area contributed by atoms with Crippen molar-refractivity contribution in [2.24, 2.45) is 4.99 Å². The number of fused-ring (bicyclic) bond motifs is 5. The van der Waals surface area contributed by atoms with Gasteiger partial charge in [-0.25, -0.2) is 0 Å². The van der Waals surface area contributed by atoms with Gasteiger partial charge in [0.15, 0.2) is 0 Å². The van der Waals surface area contributed by atoms with E-state index in [2.05, 4.69) is 195 Å². The molecule has 0 unspecified atom stereocenters. The van der Waals surface area contributed by atoms with Gasteiger partial charge in [0.1, 0.15) is 11.2 Å². The van der Waals surface area contributed by atoms with Crippen LogP contribution >= 0.6 is 0 Å². The Bertz CT molecular complexity index is 2960. The molecule has 0 aliphatic carbocycles. The first kappa shape index (κ1) is 33.8. The Morgan fingerprint density at radius 3 is 2.02 bits per heavy atom.